The van der Waals surface area contributed by atoms with E-state index in [1.807, 2.05) is 12.1 Å². The highest BCUT2D eigenvalue weighted by molar-refractivity contribution is 5.61. The van der Waals surface area contributed by atoms with Gasteiger partial charge in [-0.2, -0.15) is 0 Å². The molecular formula is C13H21N3. The Morgan fingerprint density at radius 1 is 1.44 bits per heavy atom. The van der Waals surface area contributed by atoms with Crippen molar-refractivity contribution in [3.8, 4) is 0 Å². The molecule has 2 rings (SSSR count). The monoisotopic (exact) mass is 219 g/mol. The first-order chi connectivity index (χ1) is 7.81. The Morgan fingerprint density at radius 2 is 2.25 bits per heavy atom. The SMILES string of the molecule is CCC1CCCCC1Nc1cccnc1N. The van der Waals surface area contributed by atoms with E-state index in [0.717, 1.165) is 11.6 Å². The van der Waals surface area contributed by atoms with E-state index >= 15 is 0 Å². The van der Waals surface area contributed by atoms with E-state index in [9.17, 15) is 0 Å². The molecule has 0 aromatic carbocycles. The second-order valence-corrected chi connectivity index (χ2v) is 4.64. The summed E-state index contributed by atoms with van der Waals surface area (Å²) in [5, 5.41) is 3.56. The second-order valence-electron chi connectivity index (χ2n) is 4.64. The summed E-state index contributed by atoms with van der Waals surface area (Å²) in [6, 6.07) is 4.52. The lowest BCUT2D eigenvalue weighted by Gasteiger charge is -2.32. The molecule has 1 aliphatic rings. The molecule has 1 fully saturated rings. The molecule has 1 aromatic heterocycles. The Balaban J connectivity index is 2.05. The van der Waals surface area contributed by atoms with Crippen molar-refractivity contribution in [1.82, 2.24) is 4.98 Å². The minimum absolute atomic E-state index is 0.574. The van der Waals surface area contributed by atoms with Gasteiger partial charge in [0.15, 0.2) is 0 Å². The van der Waals surface area contributed by atoms with Gasteiger partial charge in [0.1, 0.15) is 5.82 Å². The van der Waals surface area contributed by atoms with Crippen LogP contribution in [0.4, 0.5) is 11.5 Å². The Labute approximate surface area is 97.5 Å². The van der Waals surface area contributed by atoms with Crippen molar-refractivity contribution in [2.45, 2.75) is 45.1 Å². The van der Waals surface area contributed by atoms with E-state index in [2.05, 4.69) is 17.2 Å². The van der Waals surface area contributed by atoms with Gasteiger partial charge in [0.05, 0.1) is 5.69 Å². The molecule has 1 heterocycles. The minimum atomic E-state index is 0.574. The maximum atomic E-state index is 5.85. The molecule has 2 atom stereocenters. The number of rotatable bonds is 3. The zero-order valence-electron chi connectivity index (χ0n) is 9.95. The summed E-state index contributed by atoms with van der Waals surface area (Å²) < 4.78 is 0. The first-order valence-corrected chi connectivity index (χ1v) is 6.28. The summed E-state index contributed by atoms with van der Waals surface area (Å²) in [5.74, 6) is 1.40. The third-order valence-electron chi connectivity index (χ3n) is 3.61. The normalized spacial score (nSPS) is 25.3. The second kappa shape index (κ2) is 5.19. The van der Waals surface area contributed by atoms with Crippen LogP contribution in [0.15, 0.2) is 18.3 Å². The molecule has 0 aliphatic heterocycles. The van der Waals surface area contributed by atoms with Crippen LogP contribution in [-0.2, 0) is 0 Å². The smallest absolute Gasteiger partial charge is 0.146 e. The largest absolute Gasteiger partial charge is 0.382 e. The topological polar surface area (TPSA) is 50.9 Å². The summed E-state index contributed by atoms with van der Waals surface area (Å²) in [4.78, 5) is 4.11. The highest BCUT2D eigenvalue weighted by Crippen LogP contribution is 2.30. The van der Waals surface area contributed by atoms with E-state index < -0.39 is 0 Å². The van der Waals surface area contributed by atoms with Gasteiger partial charge in [-0.25, -0.2) is 4.98 Å². The molecule has 16 heavy (non-hydrogen) atoms. The molecular weight excluding hydrogens is 198 g/mol. The number of hydrogen-bond donors (Lipinski definition) is 2. The zero-order chi connectivity index (χ0) is 11.4. The predicted octanol–water partition coefficient (Wildman–Crippen LogP) is 3.04. The fraction of sp³-hybridized carbons (Fsp3) is 0.615. The molecule has 3 nitrogen and oxygen atoms in total. The Kier molecular flexibility index (Phi) is 3.65. The molecule has 0 bridgehead atoms. The molecule has 0 spiro atoms. The van der Waals surface area contributed by atoms with Crippen molar-refractivity contribution in [3.63, 3.8) is 0 Å². The van der Waals surface area contributed by atoms with Crippen LogP contribution in [0.2, 0.25) is 0 Å². The van der Waals surface area contributed by atoms with Crippen LogP contribution in [0, 0.1) is 5.92 Å². The minimum Gasteiger partial charge on any atom is -0.382 e. The standard InChI is InChI=1S/C13H21N3/c1-2-10-6-3-4-7-11(10)16-12-8-5-9-15-13(12)14/h5,8-11,16H,2-4,6-7H2,1H3,(H2,14,15). The van der Waals surface area contributed by atoms with Gasteiger partial charge in [-0.3, -0.25) is 0 Å². The van der Waals surface area contributed by atoms with Gasteiger partial charge < -0.3 is 11.1 Å². The maximum absolute atomic E-state index is 5.85. The van der Waals surface area contributed by atoms with Crippen LogP contribution >= 0.6 is 0 Å². The first kappa shape index (κ1) is 11.2. The highest BCUT2D eigenvalue weighted by Gasteiger charge is 2.23. The van der Waals surface area contributed by atoms with Gasteiger partial charge in [0.2, 0.25) is 0 Å². The summed E-state index contributed by atoms with van der Waals surface area (Å²) in [7, 11) is 0. The molecule has 3 heteroatoms. The van der Waals surface area contributed by atoms with Gasteiger partial charge in [-0.15, -0.1) is 0 Å². The molecule has 1 aromatic rings. The lowest BCUT2D eigenvalue weighted by molar-refractivity contribution is 0.317. The molecule has 1 saturated carbocycles. The molecule has 0 saturated heterocycles. The van der Waals surface area contributed by atoms with E-state index in [0.29, 0.717) is 11.9 Å². The van der Waals surface area contributed by atoms with Crippen molar-refractivity contribution in [2.24, 2.45) is 5.92 Å². The molecule has 1 aliphatic carbocycles. The molecule has 2 unspecified atom stereocenters. The third-order valence-corrected chi connectivity index (χ3v) is 3.61. The number of anilines is 2. The van der Waals surface area contributed by atoms with Crippen LogP contribution in [-0.4, -0.2) is 11.0 Å². The van der Waals surface area contributed by atoms with E-state index in [4.69, 9.17) is 5.73 Å². The number of nitrogen functional groups attached to an aromatic ring is 1. The van der Waals surface area contributed by atoms with Crippen molar-refractivity contribution in [3.05, 3.63) is 18.3 Å². The van der Waals surface area contributed by atoms with Crippen LogP contribution in [0.3, 0.4) is 0 Å². The molecule has 0 radical (unpaired) electrons. The average Bonchev–Trinajstić information content (AvgIpc) is 2.33. The van der Waals surface area contributed by atoms with Gasteiger partial charge in [0.25, 0.3) is 0 Å². The Hall–Kier alpha value is -1.25. The Morgan fingerprint density at radius 3 is 3.00 bits per heavy atom. The number of nitrogens with one attached hydrogen (secondary N) is 1. The average molecular weight is 219 g/mol. The fourth-order valence-corrected chi connectivity index (χ4v) is 2.63. The van der Waals surface area contributed by atoms with E-state index in [-0.39, 0.29) is 0 Å². The van der Waals surface area contributed by atoms with E-state index in [1.54, 1.807) is 6.20 Å². The molecule has 3 N–H and O–H groups in total. The fourth-order valence-electron chi connectivity index (χ4n) is 2.63. The highest BCUT2D eigenvalue weighted by atomic mass is 15.0. The van der Waals surface area contributed by atoms with Crippen molar-refractivity contribution in [1.29, 1.82) is 0 Å². The molecule has 0 amide bonds. The lowest BCUT2D eigenvalue weighted by atomic mass is 9.83. The first-order valence-electron chi connectivity index (χ1n) is 6.28. The van der Waals surface area contributed by atoms with Crippen LogP contribution in [0.1, 0.15) is 39.0 Å². The van der Waals surface area contributed by atoms with Gasteiger partial charge in [-0.1, -0.05) is 26.2 Å². The maximum Gasteiger partial charge on any atom is 0.146 e. The number of aromatic nitrogens is 1. The lowest BCUT2D eigenvalue weighted by Crippen LogP contribution is -2.32. The van der Waals surface area contributed by atoms with Crippen molar-refractivity contribution < 1.29 is 0 Å². The summed E-state index contributed by atoms with van der Waals surface area (Å²) in [5.41, 5.74) is 6.84. The summed E-state index contributed by atoms with van der Waals surface area (Å²) in [6.07, 6.45) is 8.28. The van der Waals surface area contributed by atoms with Crippen LogP contribution in [0.25, 0.3) is 0 Å². The van der Waals surface area contributed by atoms with Crippen LogP contribution in [0.5, 0.6) is 0 Å². The van der Waals surface area contributed by atoms with Gasteiger partial charge in [-0.05, 0) is 30.9 Å². The van der Waals surface area contributed by atoms with Crippen molar-refractivity contribution in [2.75, 3.05) is 11.1 Å². The van der Waals surface area contributed by atoms with Gasteiger partial charge >= 0.3 is 0 Å². The number of pyridine rings is 1. The van der Waals surface area contributed by atoms with Crippen LogP contribution < -0.4 is 11.1 Å². The van der Waals surface area contributed by atoms with Gasteiger partial charge in [0, 0.05) is 12.2 Å². The number of hydrogen-bond acceptors (Lipinski definition) is 3. The van der Waals surface area contributed by atoms with Crippen molar-refractivity contribution >= 4 is 11.5 Å². The number of nitrogens with zero attached hydrogens (tertiary/aromatic N) is 1. The summed E-state index contributed by atoms with van der Waals surface area (Å²) in [6.45, 7) is 2.28. The van der Waals surface area contributed by atoms with E-state index in [1.165, 1.54) is 32.1 Å². The quantitative estimate of drug-likeness (QED) is 0.821. The summed E-state index contributed by atoms with van der Waals surface area (Å²) >= 11 is 0. The zero-order valence-corrected chi connectivity index (χ0v) is 9.95. The Bertz CT molecular complexity index is 338. The third kappa shape index (κ3) is 2.46. The predicted molar refractivity (Wildman–Crippen MR) is 68.3 cm³/mol. The number of nitrogens with two attached hydrogens (primary N) is 1. The molecule has 88 valence electrons.